The summed E-state index contributed by atoms with van der Waals surface area (Å²) in [6.45, 7) is 12.0. The molecule has 0 N–H and O–H groups in total. The van der Waals surface area contributed by atoms with Gasteiger partial charge in [0.25, 0.3) is 0 Å². The van der Waals surface area contributed by atoms with Crippen LogP contribution in [0.15, 0.2) is 329 Å². The molecular weight excluding hydrogens is 1240 g/mol. The minimum atomic E-state index is -0.909. The summed E-state index contributed by atoms with van der Waals surface area (Å²) in [5.41, 5.74) is 21.0. The molecule has 0 spiro atoms. The van der Waals surface area contributed by atoms with Crippen molar-refractivity contribution >= 4 is 46.3 Å². The minimum absolute atomic E-state index is 0.336. The molecule has 0 saturated heterocycles. The van der Waals surface area contributed by atoms with E-state index in [1.807, 2.05) is 97.1 Å². The van der Waals surface area contributed by atoms with Gasteiger partial charge in [-0.15, -0.1) is 0 Å². The SMILES string of the molecule is C=Cc1ccc(Oc2ccc(C3(c4ccc(F)cc4)c4ccccc4-c4ccc(N(c5ccc(F)cc5)c5ccc(-c6ccc(N(c7ccc(F)cc7)c7ccc8c(c7)C(c7ccc(F)cc7)(c7ccc(Oc9ccc(C=C)cc9)cc7)c7ccccc7-8)c(C)c6)cc5C)cc43)cc2)cc1. The monoisotopic (exact) mass is 1300 g/mol. The standard InChI is InChI=1S/C92H64F4N2O2/c1-5-61-15-43-77(44-16-61)99-79-47-25-67(26-48-79)91(65-21-29-69(93)30-22-65)85-13-9-7-11-81(85)83-51-41-75(57-87(83)91)97(73-37-33-71(95)34-38-73)89-53-19-63(55-59(89)3)64-20-54-90(60(4)56-64)98(74-39-35-72(96)36-40-74)76-42-52-84-82-12-8-10-14-86(82)92(88(84)58-76,66-23-31-70(94)32-24-66)68-27-49-80(50-28-68)100-78-45-17-62(6-2)18-46-78/h5-58H,1-2H2,3-4H3. The second-order valence-corrected chi connectivity index (χ2v) is 25.5. The van der Waals surface area contributed by atoms with Gasteiger partial charge in [-0.05, 0) is 284 Å². The number of fused-ring (bicyclic) bond motifs is 6. The summed E-state index contributed by atoms with van der Waals surface area (Å²) < 4.78 is 73.2. The first kappa shape index (κ1) is 62.3. The molecule has 2 aliphatic carbocycles. The lowest BCUT2D eigenvalue weighted by molar-refractivity contribution is 0.482. The Morgan fingerprint density at radius 1 is 0.290 bits per heavy atom. The number of hydrogen-bond acceptors (Lipinski definition) is 4. The molecule has 100 heavy (non-hydrogen) atoms. The molecule has 0 heterocycles. The number of nitrogens with zero attached hydrogens (tertiary/aromatic N) is 2. The van der Waals surface area contributed by atoms with Crippen molar-refractivity contribution in [3.05, 3.63) is 419 Å². The zero-order valence-electron chi connectivity index (χ0n) is 54.8. The van der Waals surface area contributed by atoms with Crippen LogP contribution in [-0.4, -0.2) is 0 Å². The Balaban J connectivity index is 0.782. The first-order chi connectivity index (χ1) is 48.9. The van der Waals surface area contributed by atoms with Crippen LogP contribution in [0.5, 0.6) is 23.0 Å². The van der Waals surface area contributed by atoms with Crippen LogP contribution >= 0.6 is 0 Å². The second kappa shape index (κ2) is 25.5. The Morgan fingerprint density at radius 2 is 0.580 bits per heavy atom. The Bertz CT molecular complexity index is 5100. The molecule has 14 aromatic rings. The summed E-state index contributed by atoms with van der Waals surface area (Å²) >= 11 is 0. The van der Waals surface area contributed by atoms with E-state index >= 15 is 17.6 Å². The summed E-state index contributed by atoms with van der Waals surface area (Å²) in [6.07, 6.45) is 3.59. The van der Waals surface area contributed by atoms with Gasteiger partial charge in [0.05, 0.1) is 10.8 Å². The molecule has 0 bridgehead atoms. The third-order valence-electron chi connectivity index (χ3n) is 19.8. The van der Waals surface area contributed by atoms with Crippen LogP contribution in [-0.2, 0) is 10.8 Å². The largest absolute Gasteiger partial charge is 0.457 e. The maximum Gasteiger partial charge on any atom is 0.127 e. The second-order valence-electron chi connectivity index (χ2n) is 25.5. The van der Waals surface area contributed by atoms with E-state index in [4.69, 9.17) is 9.47 Å². The molecule has 0 saturated carbocycles. The Kier molecular flexibility index (Phi) is 15.9. The molecule has 0 amide bonds. The lowest BCUT2D eigenvalue weighted by Crippen LogP contribution is -2.29. The zero-order chi connectivity index (χ0) is 68.2. The van der Waals surface area contributed by atoms with E-state index in [1.165, 1.54) is 48.5 Å². The fourth-order valence-corrected chi connectivity index (χ4v) is 15.2. The highest BCUT2D eigenvalue weighted by Gasteiger charge is 2.48. The Labute approximate surface area is 579 Å². The van der Waals surface area contributed by atoms with Crippen LogP contribution in [0.25, 0.3) is 45.5 Å². The van der Waals surface area contributed by atoms with Gasteiger partial charge in [0.1, 0.15) is 46.3 Å². The Morgan fingerprint density at radius 3 is 0.910 bits per heavy atom. The van der Waals surface area contributed by atoms with E-state index in [-0.39, 0.29) is 23.3 Å². The van der Waals surface area contributed by atoms with Crippen molar-refractivity contribution in [3.63, 3.8) is 0 Å². The number of ether oxygens (including phenoxy) is 2. The van der Waals surface area contributed by atoms with E-state index in [0.717, 1.165) is 134 Å². The minimum Gasteiger partial charge on any atom is -0.457 e. The fourth-order valence-electron chi connectivity index (χ4n) is 15.2. The van der Waals surface area contributed by atoms with Crippen molar-refractivity contribution in [2.24, 2.45) is 0 Å². The molecule has 14 aromatic carbocycles. The molecule has 2 unspecified atom stereocenters. The highest BCUT2D eigenvalue weighted by atomic mass is 19.1. The van der Waals surface area contributed by atoms with Gasteiger partial charge in [-0.1, -0.05) is 171 Å². The smallest absolute Gasteiger partial charge is 0.127 e. The fraction of sp³-hybridized carbons (Fsp3) is 0.0435. The summed E-state index contributed by atoms with van der Waals surface area (Å²) in [5.74, 6) is 1.34. The quantitative estimate of drug-likeness (QED) is 0.0849. The predicted octanol–water partition coefficient (Wildman–Crippen LogP) is 25.1. The average molecular weight is 1310 g/mol. The van der Waals surface area contributed by atoms with E-state index in [2.05, 4.69) is 182 Å². The van der Waals surface area contributed by atoms with Gasteiger partial charge < -0.3 is 19.3 Å². The van der Waals surface area contributed by atoms with Crippen LogP contribution in [0.1, 0.15) is 66.8 Å². The third kappa shape index (κ3) is 10.8. The normalized spacial score (nSPS) is 14.7. The molecule has 8 heteroatoms. The number of halogens is 4. The summed E-state index contributed by atoms with van der Waals surface area (Å²) in [7, 11) is 0. The Hall–Kier alpha value is -12.5. The van der Waals surface area contributed by atoms with Gasteiger partial charge in [0.2, 0.25) is 0 Å². The molecule has 16 rings (SSSR count). The van der Waals surface area contributed by atoms with E-state index in [0.29, 0.717) is 23.0 Å². The molecule has 0 aromatic heterocycles. The number of benzene rings is 14. The van der Waals surface area contributed by atoms with Crippen LogP contribution < -0.4 is 19.3 Å². The molecule has 0 aliphatic heterocycles. The molecule has 2 aliphatic rings. The van der Waals surface area contributed by atoms with E-state index in [1.54, 1.807) is 36.4 Å². The van der Waals surface area contributed by atoms with Crippen LogP contribution in [0, 0.1) is 37.1 Å². The molecule has 482 valence electrons. The lowest BCUT2D eigenvalue weighted by atomic mass is 9.67. The maximum atomic E-state index is 15.1. The van der Waals surface area contributed by atoms with Crippen LogP contribution in [0.4, 0.5) is 51.7 Å². The van der Waals surface area contributed by atoms with Crippen molar-refractivity contribution in [2.75, 3.05) is 9.80 Å². The van der Waals surface area contributed by atoms with Gasteiger partial charge in [-0.3, -0.25) is 0 Å². The molecule has 0 radical (unpaired) electrons. The van der Waals surface area contributed by atoms with E-state index < -0.39 is 10.8 Å². The third-order valence-corrected chi connectivity index (χ3v) is 19.8. The molecule has 4 nitrogen and oxygen atoms in total. The van der Waals surface area contributed by atoms with E-state index in [9.17, 15) is 0 Å². The summed E-state index contributed by atoms with van der Waals surface area (Å²) in [4.78, 5) is 4.35. The highest BCUT2D eigenvalue weighted by molar-refractivity contribution is 5.93. The first-order valence-corrected chi connectivity index (χ1v) is 33.2. The van der Waals surface area contributed by atoms with Crippen molar-refractivity contribution in [3.8, 4) is 56.4 Å². The predicted molar refractivity (Wildman–Crippen MR) is 398 cm³/mol. The van der Waals surface area contributed by atoms with Gasteiger partial charge >= 0.3 is 0 Å². The molecule has 0 fully saturated rings. The number of hydrogen-bond donors (Lipinski definition) is 0. The van der Waals surface area contributed by atoms with Gasteiger partial charge in [-0.2, -0.15) is 0 Å². The number of rotatable bonds is 17. The number of aryl methyl sites for hydroxylation is 2. The summed E-state index contributed by atoms with van der Waals surface area (Å²) in [6, 6.07) is 101. The average Bonchev–Trinajstić information content (AvgIpc) is 1.52. The molecule has 2 atom stereocenters. The summed E-state index contributed by atoms with van der Waals surface area (Å²) in [5, 5.41) is 0. The highest BCUT2D eigenvalue weighted by Crippen LogP contribution is 2.60. The molecular formula is C92H64F4N2O2. The van der Waals surface area contributed by atoms with Gasteiger partial charge in [0.15, 0.2) is 0 Å². The van der Waals surface area contributed by atoms with Crippen molar-refractivity contribution < 1.29 is 27.0 Å². The number of anilines is 6. The van der Waals surface area contributed by atoms with Gasteiger partial charge in [0, 0.05) is 34.1 Å². The topological polar surface area (TPSA) is 24.9 Å². The van der Waals surface area contributed by atoms with Crippen molar-refractivity contribution in [1.82, 2.24) is 0 Å². The van der Waals surface area contributed by atoms with Crippen LogP contribution in [0.3, 0.4) is 0 Å². The first-order valence-electron chi connectivity index (χ1n) is 33.2. The van der Waals surface area contributed by atoms with Gasteiger partial charge in [-0.25, -0.2) is 17.6 Å². The van der Waals surface area contributed by atoms with Crippen molar-refractivity contribution in [2.45, 2.75) is 24.7 Å². The lowest BCUT2D eigenvalue weighted by Gasteiger charge is -2.35. The maximum absolute atomic E-state index is 15.1. The zero-order valence-corrected chi connectivity index (χ0v) is 54.8. The van der Waals surface area contributed by atoms with Crippen LogP contribution in [0.2, 0.25) is 0 Å². The van der Waals surface area contributed by atoms with Crippen molar-refractivity contribution in [1.29, 1.82) is 0 Å².